The number of ether oxygens (including phenoxy) is 1. The van der Waals surface area contributed by atoms with E-state index < -0.39 is 29.7 Å². The van der Waals surface area contributed by atoms with Crippen LogP contribution in [-0.2, 0) is 11.3 Å². The van der Waals surface area contributed by atoms with E-state index in [9.17, 15) is 14.7 Å². The standard InChI is InChI=1S/C14H19N5O5/c1-2-3-18-6-9(16-17-18)8-5-19(14(23)15-13(8)22)12-4-10(21)11(7-20)24-12/h5-6,10-12,20-21H,2-4,7H2,1H3,(H,15,22,23)/t10?,11-,12-/m1/s1. The molecule has 1 fully saturated rings. The average Bonchev–Trinajstić information content (AvgIpc) is 3.14. The van der Waals surface area contributed by atoms with Gasteiger partial charge in [0.25, 0.3) is 5.56 Å². The largest absolute Gasteiger partial charge is 0.394 e. The molecule has 130 valence electrons. The van der Waals surface area contributed by atoms with Crippen molar-refractivity contribution in [2.24, 2.45) is 0 Å². The number of H-pyrrole nitrogens is 1. The Morgan fingerprint density at radius 2 is 2.21 bits per heavy atom. The van der Waals surface area contributed by atoms with Gasteiger partial charge >= 0.3 is 5.69 Å². The number of hydrogen-bond acceptors (Lipinski definition) is 7. The van der Waals surface area contributed by atoms with Gasteiger partial charge in [-0.05, 0) is 6.42 Å². The lowest BCUT2D eigenvalue weighted by Gasteiger charge is -2.14. The Bertz CT molecular complexity index is 825. The van der Waals surface area contributed by atoms with Crippen molar-refractivity contribution < 1.29 is 14.9 Å². The third kappa shape index (κ3) is 3.03. The van der Waals surface area contributed by atoms with E-state index in [4.69, 9.17) is 9.84 Å². The predicted octanol–water partition coefficient (Wildman–Crippen LogP) is -1.15. The number of aromatic nitrogens is 5. The molecule has 2 aromatic rings. The van der Waals surface area contributed by atoms with Crippen molar-refractivity contribution in [3.05, 3.63) is 33.2 Å². The van der Waals surface area contributed by atoms with E-state index in [0.717, 1.165) is 6.42 Å². The maximum atomic E-state index is 12.1. The van der Waals surface area contributed by atoms with Gasteiger partial charge in [0.15, 0.2) is 0 Å². The summed E-state index contributed by atoms with van der Waals surface area (Å²) in [7, 11) is 0. The first-order valence-corrected chi connectivity index (χ1v) is 7.73. The van der Waals surface area contributed by atoms with E-state index in [1.807, 2.05) is 6.92 Å². The first kappa shape index (κ1) is 16.6. The molecule has 2 aromatic heterocycles. The highest BCUT2D eigenvalue weighted by molar-refractivity contribution is 5.54. The fourth-order valence-corrected chi connectivity index (χ4v) is 2.69. The van der Waals surface area contributed by atoms with Gasteiger partial charge in [-0.25, -0.2) is 4.79 Å². The Hall–Kier alpha value is -2.30. The van der Waals surface area contributed by atoms with E-state index in [0.29, 0.717) is 12.2 Å². The molecule has 0 bridgehead atoms. The molecule has 0 radical (unpaired) electrons. The van der Waals surface area contributed by atoms with E-state index >= 15 is 0 Å². The van der Waals surface area contributed by atoms with Crippen LogP contribution in [0, 0.1) is 0 Å². The zero-order valence-corrected chi connectivity index (χ0v) is 13.1. The number of aryl methyl sites for hydroxylation is 1. The molecule has 3 heterocycles. The molecule has 1 aliphatic heterocycles. The minimum atomic E-state index is -0.882. The van der Waals surface area contributed by atoms with Gasteiger partial charge in [0.2, 0.25) is 0 Å². The zero-order chi connectivity index (χ0) is 17.3. The molecule has 0 aliphatic carbocycles. The summed E-state index contributed by atoms with van der Waals surface area (Å²) in [5, 5.41) is 26.9. The van der Waals surface area contributed by atoms with Crippen molar-refractivity contribution in [3.8, 4) is 11.3 Å². The van der Waals surface area contributed by atoms with Crippen LogP contribution in [-0.4, -0.2) is 53.6 Å². The van der Waals surface area contributed by atoms with Gasteiger partial charge < -0.3 is 14.9 Å². The van der Waals surface area contributed by atoms with Crippen LogP contribution in [0.2, 0.25) is 0 Å². The summed E-state index contributed by atoms with van der Waals surface area (Å²) in [6, 6.07) is 0. The van der Waals surface area contributed by atoms with Gasteiger partial charge in [0.1, 0.15) is 18.0 Å². The third-order valence-corrected chi connectivity index (χ3v) is 3.93. The Morgan fingerprint density at radius 1 is 1.42 bits per heavy atom. The number of aliphatic hydroxyl groups excluding tert-OH is 2. The van der Waals surface area contributed by atoms with Gasteiger partial charge in [-0.3, -0.25) is 19.0 Å². The number of nitrogens with one attached hydrogen (secondary N) is 1. The zero-order valence-electron chi connectivity index (χ0n) is 13.1. The van der Waals surface area contributed by atoms with Crippen LogP contribution in [0.15, 0.2) is 22.0 Å². The first-order valence-electron chi connectivity index (χ1n) is 7.73. The maximum Gasteiger partial charge on any atom is 0.330 e. The molecule has 3 N–H and O–H groups in total. The Labute approximate surface area is 136 Å². The topological polar surface area (TPSA) is 135 Å². The number of hydrogen-bond donors (Lipinski definition) is 3. The summed E-state index contributed by atoms with van der Waals surface area (Å²) in [5.41, 5.74) is -0.698. The normalized spacial score (nSPS) is 23.7. The average molecular weight is 337 g/mol. The van der Waals surface area contributed by atoms with Gasteiger partial charge in [-0.15, -0.1) is 5.10 Å². The quantitative estimate of drug-likeness (QED) is 0.626. The number of aromatic amines is 1. The molecule has 10 heteroatoms. The lowest BCUT2D eigenvalue weighted by molar-refractivity contribution is -0.0458. The van der Waals surface area contributed by atoms with Crippen molar-refractivity contribution in [3.63, 3.8) is 0 Å². The Kier molecular flexibility index (Phi) is 4.60. The summed E-state index contributed by atoms with van der Waals surface area (Å²) >= 11 is 0. The molecule has 1 aliphatic rings. The molecular weight excluding hydrogens is 318 g/mol. The minimum absolute atomic E-state index is 0.138. The fourth-order valence-electron chi connectivity index (χ4n) is 2.69. The van der Waals surface area contributed by atoms with Gasteiger partial charge in [-0.2, -0.15) is 0 Å². The molecule has 0 saturated carbocycles. The Balaban J connectivity index is 1.97. The van der Waals surface area contributed by atoms with Crippen molar-refractivity contribution in [1.29, 1.82) is 0 Å². The highest BCUT2D eigenvalue weighted by atomic mass is 16.5. The summed E-state index contributed by atoms with van der Waals surface area (Å²) in [5.74, 6) is 0. The van der Waals surface area contributed by atoms with Crippen LogP contribution in [0.25, 0.3) is 11.3 Å². The van der Waals surface area contributed by atoms with E-state index in [-0.39, 0.29) is 18.6 Å². The highest BCUT2D eigenvalue weighted by Gasteiger charge is 2.35. The predicted molar refractivity (Wildman–Crippen MR) is 82.2 cm³/mol. The second-order valence-corrected chi connectivity index (χ2v) is 5.69. The molecule has 3 atom stereocenters. The lowest BCUT2D eigenvalue weighted by Crippen LogP contribution is -2.33. The van der Waals surface area contributed by atoms with Crippen LogP contribution >= 0.6 is 0 Å². The molecule has 10 nitrogen and oxygen atoms in total. The van der Waals surface area contributed by atoms with Gasteiger partial charge in [-0.1, -0.05) is 12.1 Å². The molecule has 0 aromatic carbocycles. The van der Waals surface area contributed by atoms with Crippen molar-refractivity contribution >= 4 is 0 Å². The van der Waals surface area contributed by atoms with Crippen LogP contribution in [0.4, 0.5) is 0 Å². The number of rotatable bonds is 5. The Morgan fingerprint density at radius 3 is 2.88 bits per heavy atom. The van der Waals surface area contributed by atoms with Gasteiger partial charge in [0, 0.05) is 19.2 Å². The number of nitrogens with zero attached hydrogens (tertiary/aromatic N) is 4. The van der Waals surface area contributed by atoms with Crippen LogP contribution in [0.1, 0.15) is 26.0 Å². The SMILES string of the molecule is CCCn1cc(-c2cn([C@H]3CC(O)[C@@H](CO)O3)c(=O)[nH]c2=O)nn1. The molecule has 0 spiro atoms. The molecule has 3 rings (SSSR count). The lowest BCUT2D eigenvalue weighted by atomic mass is 10.2. The molecule has 1 unspecified atom stereocenters. The summed E-state index contributed by atoms with van der Waals surface area (Å²) in [6.45, 7) is 2.31. The summed E-state index contributed by atoms with van der Waals surface area (Å²) in [6.07, 6.45) is 1.57. The van der Waals surface area contributed by atoms with Crippen molar-refractivity contribution in [1.82, 2.24) is 24.5 Å². The molecule has 1 saturated heterocycles. The van der Waals surface area contributed by atoms with E-state index in [2.05, 4.69) is 15.3 Å². The van der Waals surface area contributed by atoms with Crippen LogP contribution in [0.3, 0.4) is 0 Å². The van der Waals surface area contributed by atoms with Gasteiger partial charge in [0.05, 0.1) is 24.5 Å². The third-order valence-electron chi connectivity index (χ3n) is 3.93. The number of aliphatic hydroxyl groups is 2. The first-order chi connectivity index (χ1) is 11.5. The molecular formula is C14H19N5O5. The summed E-state index contributed by atoms with van der Waals surface area (Å²) < 4.78 is 8.27. The van der Waals surface area contributed by atoms with Crippen LogP contribution in [0.5, 0.6) is 0 Å². The smallest absolute Gasteiger partial charge is 0.330 e. The highest BCUT2D eigenvalue weighted by Crippen LogP contribution is 2.27. The minimum Gasteiger partial charge on any atom is -0.394 e. The fraction of sp³-hybridized carbons (Fsp3) is 0.571. The monoisotopic (exact) mass is 337 g/mol. The van der Waals surface area contributed by atoms with Crippen molar-refractivity contribution in [2.75, 3.05) is 6.61 Å². The molecule has 24 heavy (non-hydrogen) atoms. The van der Waals surface area contributed by atoms with Crippen molar-refractivity contribution in [2.45, 2.75) is 44.7 Å². The molecule has 0 amide bonds. The van der Waals surface area contributed by atoms with Crippen LogP contribution < -0.4 is 11.2 Å². The van der Waals surface area contributed by atoms with E-state index in [1.54, 1.807) is 10.9 Å². The second-order valence-electron chi connectivity index (χ2n) is 5.69. The summed E-state index contributed by atoms with van der Waals surface area (Å²) in [4.78, 5) is 26.4. The second kappa shape index (κ2) is 6.67. The maximum absolute atomic E-state index is 12.1. The van der Waals surface area contributed by atoms with E-state index in [1.165, 1.54) is 10.8 Å².